The van der Waals surface area contributed by atoms with Gasteiger partial charge in [-0.1, -0.05) is 6.07 Å². The zero-order valence-electron chi connectivity index (χ0n) is 9.29. The van der Waals surface area contributed by atoms with Crippen LogP contribution in [0.1, 0.15) is 18.7 Å². The molecule has 0 aliphatic rings. The van der Waals surface area contributed by atoms with E-state index < -0.39 is 0 Å². The van der Waals surface area contributed by atoms with E-state index in [1.54, 1.807) is 0 Å². The van der Waals surface area contributed by atoms with Crippen LogP contribution in [0.25, 0.3) is 0 Å². The highest BCUT2D eigenvalue weighted by atomic mass is 32.1. The maximum atomic E-state index is 3.44. The second-order valence-corrected chi connectivity index (χ2v) is 4.86. The number of hydrogen-bond acceptors (Lipinski definition) is 3. The number of likely N-dealkylation sites (N-methyl/N-ethyl adjacent to an activating group) is 1. The van der Waals surface area contributed by atoms with E-state index in [1.807, 2.05) is 11.3 Å². The SMILES string of the molecule is CC(C)N(C)CCNCc1cccs1. The van der Waals surface area contributed by atoms with Crippen molar-refractivity contribution >= 4 is 11.3 Å². The summed E-state index contributed by atoms with van der Waals surface area (Å²) in [5.41, 5.74) is 0. The Morgan fingerprint density at radius 3 is 2.86 bits per heavy atom. The molecule has 0 saturated carbocycles. The molecule has 0 aliphatic carbocycles. The molecule has 0 spiro atoms. The van der Waals surface area contributed by atoms with E-state index in [-0.39, 0.29) is 0 Å². The molecule has 0 amide bonds. The van der Waals surface area contributed by atoms with Crippen molar-refractivity contribution in [2.75, 3.05) is 20.1 Å². The van der Waals surface area contributed by atoms with E-state index in [2.05, 4.69) is 48.6 Å². The Bertz CT molecular complexity index is 231. The van der Waals surface area contributed by atoms with Gasteiger partial charge in [0.15, 0.2) is 0 Å². The van der Waals surface area contributed by atoms with Crippen molar-refractivity contribution in [2.45, 2.75) is 26.4 Å². The van der Waals surface area contributed by atoms with Gasteiger partial charge in [0.1, 0.15) is 0 Å². The summed E-state index contributed by atoms with van der Waals surface area (Å²) in [4.78, 5) is 3.76. The largest absolute Gasteiger partial charge is 0.311 e. The molecule has 1 rings (SSSR count). The third-order valence-electron chi connectivity index (χ3n) is 2.40. The Morgan fingerprint density at radius 1 is 1.50 bits per heavy atom. The minimum atomic E-state index is 0.638. The topological polar surface area (TPSA) is 15.3 Å². The maximum absolute atomic E-state index is 3.44. The average Bonchev–Trinajstić information content (AvgIpc) is 2.64. The van der Waals surface area contributed by atoms with Gasteiger partial charge in [-0.3, -0.25) is 0 Å². The van der Waals surface area contributed by atoms with Gasteiger partial charge in [0.2, 0.25) is 0 Å². The number of hydrogen-bond donors (Lipinski definition) is 1. The maximum Gasteiger partial charge on any atom is 0.0300 e. The van der Waals surface area contributed by atoms with Crippen molar-refractivity contribution in [2.24, 2.45) is 0 Å². The summed E-state index contributed by atoms with van der Waals surface area (Å²) in [5.74, 6) is 0. The van der Waals surface area contributed by atoms with Crippen molar-refractivity contribution in [1.82, 2.24) is 10.2 Å². The summed E-state index contributed by atoms with van der Waals surface area (Å²) in [6.45, 7) is 7.62. The van der Waals surface area contributed by atoms with Gasteiger partial charge in [-0.05, 0) is 32.3 Å². The fourth-order valence-corrected chi connectivity index (χ4v) is 1.81. The van der Waals surface area contributed by atoms with Crippen LogP contribution in [0.15, 0.2) is 17.5 Å². The second-order valence-electron chi connectivity index (χ2n) is 3.83. The number of thiophene rings is 1. The van der Waals surface area contributed by atoms with Crippen LogP contribution in [0.5, 0.6) is 0 Å². The Kier molecular flexibility index (Phi) is 5.15. The number of nitrogens with one attached hydrogen (secondary N) is 1. The summed E-state index contributed by atoms with van der Waals surface area (Å²) in [7, 11) is 2.16. The van der Waals surface area contributed by atoms with Gasteiger partial charge in [0.25, 0.3) is 0 Å². The fraction of sp³-hybridized carbons (Fsp3) is 0.636. The van der Waals surface area contributed by atoms with Gasteiger partial charge in [0, 0.05) is 30.6 Å². The molecular weight excluding hydrogens is 192 g/mol. The highest BCUT2D eigenvalue weighted by Gasteiger charge is 2.01. The van der Waals surface area contributed by atoms with Crippen LogP contribution in [0.2, 0.25) is 0 Å². The lowest BCUT2D eigenvalue weighted by Gasteiger charge is -2.20. The van der Waals surface area contributed by atoms with Gasteiger partial charge >= 0.3 is 0 Å². The quantitative estimate of drug-likeness (QED) is 0.727. The molecule has 0 fully saturated rings. The first kappa shape index (κ1) is 11.7. The lowest BCUT2D eigenvalue weighted by atomic mass is 10.3. The summed E-state index contributed by atoms with van der Waals surface area (Å²) in [5, 5.41) is 5.56. The monoisotopic (exact) mass is 212 g/mol. The molecule has 1 N–H and O–H groups in total. The lowest BCUT2D eigenvalue weighted by molar-refractivity contribution is 0.273. The standard InChI is InChI=1S/C11H20N2S/c1-10(2)13(3)7-6-12-9-11-5-4-8-14-11/h4-5,8,10,12H,6-7,9H2,1-3H3. The van der Waals surface area contributed by atoms with Crippen molar-refractivity contribution in [3.63, 3.8) is 0 Å². The predicted molar refractivity (Wildman–Crippen MR) is 63.8 cm³/mol. The smallest absolute Gasteiger partial charge is 0.0300 e. The molecule has 3 heteroatoms. The van der Waals surface area contributed by atoms with Gasteiger partial charge < -0.3 is 10.2 Å². The van der Waals surface area contributed by atoms with E-state index in [1.165, 1.54) is 4.88 Å². The van der Waals surface area contributed by atoms with Crippen LogP contribution in [0.3, 0.4) is 0 Å². The van der Waals surface area contributed by atoms with Gasteiger partial charge in [-0.25, -0.2) is 0 Å². The van der Waals surface area contributed by atoms with Gasteiger partial charge in [-0.15, -0.1) is 11.3 Å². The van der Waals surface area contributed by atoms with Gasteiger partial charge in [-0.2, -0.15) is 0 Å². The first-order valence-corrected chi connectivity index (χ1v) is 6.01. The summed E-state index contributed by atoms with van der Waals surface area (Å²) in [6.07, 6.45) is 0. The molecule has 0 radical (unpaired) electrons. The summed E-state index contributed by atoms with van der Waals surface area (Å²) < 4.78 is 0. The molecule has 1 heterocycles. The second kappa shape index (κ2) is 6.17. The molecule has 0 aliphatic heterocycles. The summed E-state index contributed by atoms with van der Waals surface area (Å²) >= 11 is 1.81. The van der Waals surface area contributed by atoms with Crippen LogP contribution in [0, 0.1) is 0 Å². The van der Waals surface area contributed by atoms with E-state index in [0.29, 0.717) is 6.04 Å². The van der Waals surface area contributed by atoms with Crippen LogP contribution in [-0.2, 0) is 6.54 Å². The van der Waals surface area contributed by atoms with Crippen LogP contribution in [-0.4, -0.2) is 31.1 Å². The number of rotatable bonds is 6. The minimum absolute atomic E-state index is 0.638. The normalized spacial score (nSPS) is 11.5. The summed E-state index contributed by atoms with van der Waals surface area (Å²) in [6, 6.07) is 4.91. The molecule has 2 nitrogen and oxygen atoms in total. The molecule has 0 saturated heterocycles. The van der Waals surface area contributed by atoms with E-state index in [4.69, 9.17) is 0 Å². The van der Waals surface area contributed by atoms with E-state index in [0.717, 1.165) is 19.6 Å². The molecule has 1 aromatic rings. The highest BCUT2D eigenvalue weighted by Crippen LogP contribution is 2.06. The molecule has 80 valence electrons. The van der Waals surface area contributed by atoms with Crippen LogP contribution < -0.4 is 5.32 Å². The van der Waals surface area contributed by atoms with E-state index in [9.17, 15) is 0 Å². The van der Waals surface area contributed by atoms with Crippen LogP contribution >= 0.6 is 11.3 Å². The zero-order valence-corrected chi connectivity index (χ0v) is 10.1. The van der Waals surface area contributed by atoms with Crippen molar-refractivity contribution in [1.29, 1.82) is 0 Å². The van der Waals surface area contributed by atoms with Crippen molar-refractivity contribution in [3.8, 4) is 0 Å². The molecule has 0 bridgehead atoms. The molecule has 0 atom stereocenters. The molecular formula is C11H20N2S. The fourth-order valence-electron chi connectivity index (χ4n) is 1.14. The zero-order chi connectivity index (χ0) is 10.4. The highest BCUT2D eigenvalue weighted by molar-refractivity contribution is 7.09. The Hall–Kier alpha value is -0.380. The Labute approximate surface area is 90.9 Å². The third kappa shape index (κ3) is 4.22. The first-order chi connectivity index (χ1) is 6.70. The van der Waals surface area contributed by atoms with Crippen LogP contribution in [0.4, 0.5) is 0 Å². The molecule has 0 unspecified atom stereocenters. The predicted octanol–water partition coefficient (Wildman–Crippen LogP) is 2.18. The number of nitrogens with zero attached hydrogens (tertiary/aromatic N) is 1. The van der Waals surface area contributed by atoms with E-state index >= 15 is 0 Å². The Morgan fingerprint density at radius 2 is 2.29 bits per heavy atom. The minimum Gasteiger partial charge on any atom is -0.311 e. The van der Waals surface area contributed by atoms with Gasteiger partial charge in [0.05, 0.1) is 0 Å². The molecule has 0 aromatic carbocycles. The molecule has 14 heavy (non-hydrogen) atoms. The molecule has 1 aromatic heterocycles. The Balaban J connectivity index is 2.05. The lowest BCUT2D eigenvalue weighted by Crippen LogP contribution is -2.33. The van der Waals surface area contributed by atoms with Crippen molar-refractivity contribution in [3.05, 3.63) is 22.4 Å². The average molecular weight is 212 g/mol. The first-order valence-electron chi connectivity index (χ1n) is 5.13. The third-order valence-corrected chi connectivity index (χ3v) is 3.28. The van der Waals surface area contributed by atoms with Crippen molar-refractivity contribution < 1.29 is 0 Å².